The first kappa shape index (κ1) is 21.1. The van der Waals surface area contributed by atoms with Crippen LogP contribution in [0.15, 0.2) is 0 Å². The number of hydrogen-bond donors (Lipinski definition) is 1. The topological polar surface area (TPSA) is 96.5 Å². The highest BCUT2D eigenvalue weighted by Crippen LogP contribution is 2.33. The van der Waals surface area contributed by atoms with E-state index in [-0.39, 0.29) is 22.4 Å². The van der Waals surface area contributed by atoms with Gasteiger partial charge in [0.2, 0.25) is 11.7 Å². The molecule has 0 atom stereocenters. The van der Waals surface area contributed by atoms with Crippen LogP contribution in [0.25, 0.3) is 0 Å². The molecule has 152 valence electrons. The summed E-state index contributed by atoms with van der Waals surface area (Å²) in [6.07, 6.45) is 2.35. The quantitative estimate of drug-likeness (QED) is 0.398. The van der Waals surface area contributed by atoms with E-state index in [0.717, 1.165) is 26.1 Å². The van der Waals surface area contributed by atoms with E-state index in [0.29, 0.717) is 44.0 Å². The molecule has 1 amide bonds. The van der Waals surface area contributed by atoms with Crippen LogP contribution >= 0.6 is 0 Å². The van der Waals surface area contributed by atoms with Crippen molar-refractivity contribution in [3.05, 3.63) is 15.8 Å². The molecular weight excluding hydrogens is 348 g/mol. The summed E-state index contributed by atoms with van der Waals surface area (Å²) in [4.78, 5) is 27.7. The number of rotatable bonds is 9. The van der Waals surface area contributed by atoms with Gasteiger partial charge in [-0.25, -0.2) is 4.68 Å². The molecule has 1 N–H and O–H groups in total. The summed E-state index contributed by atoms with van der Waals surface area (Å²) in [5.74, 6) is 0.614. The molecule has 1 aromatic heterocycles. The maximum absolute atomic E-state index is 12.4. The average molecular weight is 380 g/mol. The highest BCUT2D eigenvalue weighted by Gasteiger charge is 2.32. The predicted octanol–water partition coefficient (Wildman–Crippen LogP) is 1.70. The lowest BCUT2D eigenvalue weighted by atomic mass is 9.96. The molecule has 0 unspecified atom stereocenters. The minimum Gasteiger partial charge on any atom is -0.356 e. The molecule has 0 spiro atoms. The molecule has 0 bridgehead atoms. The smallest absolute Gasteiger partial charge is 0.333 e. The Balaban J connectivity index is 1.83. The summed E-state index contributed by atoms with van der Waals surface area (Å²) < 4.78 is 1.57. The number of aryl methyl sites for hydroxylation is 2. The van der Waals surface area contributed by atoms with Gasteiger partial charge >= 0.3 is 5.69 Å². The zero-order valence-electron chi connectivity index (χ0n) is 16.9. The van der Waals surface area contributed by atoms with E-state index in [9.17, 15) is 14.9 Å². The molecular formula is C18H32N6O3. The number of nitrogens with one attached hydrogen (secondary N) is 1. The largest absolute Gasteiger partial charge is 0.356 e. The number of piperidine rings is 1. The first-order chi connectivity index (χ1) is 12.9. The van der Waals surface area contributed by atoms with Crippen LogP contribution in [-0.2, 0) is 11.8 Å². The van der Waals surface area contributed by atoms with Gasteiger partial charge in [-0.3, -0.25) is 14.9 Å². The fraction of sp³-hybridized carbons (Fsp3) is 0.778. The number of amides is 1. The fourth-order valence-corrected chi connectivity index (χ4v) is 3.75. The molecule has 1 aromatic rings. The van der Waals surface area contributed by atoms with Gasteiger partial charge in [-0.05, 0) is 45.8 Å². The van der Waals surface area contributed by atoms with Crippen molar-refractivity contribution in [2.24, 2.45) is 13.0 Å². The molecule has 1 saturated heterocycles. The zero-order valence-corrected chi connectivity index (χ0v) is 16.9. The molecule has 1 aliphatic heterocycles. The third-order valence-electron chi connectivity index (χ3n) is 5.35. The Kier molecular flexibility index (Phi) is 7.58. The van der Waals surface area contributed by atoms with Gasteiger partial charge < -0.3 is 15.1 Å². The van der Waals surface area contributed by atoms with Crippen LogP contribution in [0, 0.1) is 23.0 Å². The van der Waals surface area contributed by atoms with Crippen molar-refractivity contribution in [3.63, 3.8) is 0 Å². The lowest BCUT2D eigenvalue weighted by molar-refractivity contribution is -0.384. The molecule has 9 nitrogen and oxygen atoms in total. The Morgan fingerprint density at radius 3 is 2.52 bits per heavy atom. The van der Waals surface area contributed by atoms with Crippen molar-refractivity contribution in [1.82, 2.24) is 20.0 Å². The van der Waals surface area contributed by atoms with Gasteiger partial charge in [-0.1, -0.05) is 13.8 Å². The van der Waals surface area contributed by atoms with Crippen molar-refractivity contribution < 1.29 is 9.72 Å². The zero-order chi connectivity index (χ0) is 20.0. The number of anilines is 1. The van der Waals surface area contributed by atoms with Gasteiger partial charge in [-0.15, -0.1) is 0 Å². The Morgan fingerprint density at radius 2 is 1.96 bits per heavy atom. The molecule has 2 heterocycles. The Labute approximate surface area is 160 Å². The van der Waals surface area contributed by atoms with Crippen molar-refractivity contribution in [2.75, 3.05) is 44.2 Å². The third kappa shape index (κ3) is 5.18. The maximum atomic E-state index is 12.4. The highest BCUT2D eigenvalue weighted by molar-refractivity contribution is 5.79. The minimum absolute atomic E-state index is 0.0249. The SMILES string of the molecule is CCN(CC)CCCNC(=O)C1CCN(c2c([N+](=O)[O-])c(C)nn2C)CC1. The van der Waals surface area contributed by atoms with Gasteiger partial charge in [0.15, 0.2) is 0 Å². The number of hydrogen-bond acceptors (Lipinski definition) is 6. The fourth-order valence-electron chi connectivity index (χ4n) is 3.75. The minimum atomic E-state index is -0.369. The maximum Gasteiger partial charge on any atom is 0.333 e. The molecule has 0 radical (unpaired) electrons. The van der Waals surface area contributed by atoms with E-state index >= 15 is 0 Å². The second kappa shape index (κ2) is 9.68. The second-order valence-electron chi connectivity index (χ2n) is 7.07. The molecule has 27 heavy (non-hydrogen) atoms. The third-order valence-corrected chi connectivity index (χ3v) is 5.35. The van der Waals surface area contributed by atoms with Crippen LogP contribution in [-0.4, -0.2) is 64.8 Å². The Morgan fingerprint density at radius 1 is 1.33 bits per heavy atom. The van der Waals surface area contributed by atoms with Gasteiger partial charge in [0.25, 0.3) is 0 Å². The van der Waals surface area contributed by atoms with Gasteiger partial charge in [0.1, 0.15) is 5.69 Å². The number of carbonyl (C=O) groups excluding carboxylic acids is 1. The van der Waals surface area contributed by atoms with E-state index < -0.39 is 0 Å². The molecule has 1 aliphatic rings. The standard InChI is InChI=1S/C18H32N6O3/c1-5-22(6-2)11-7-10-19-17(25)15-8-12-23(13-9-15)18-16(24(26)27)14(3)20-21(18)4/h15H,5-13H2,1-4H3,(H,19,25). The Hall–Kier alpha value is -2.16. The van der Waals surface area contributed by atoms with Crippen LogP contribution in [0.2, 0.25) is 0 Å². The number of nitrogens with zero attached hydrogens (tertiary/aromatic N) is 5. The van der Waals surface area contributed by atoms with Crippen molar-refractivity contribution in [3.8, 4) is 0 Å². The van der Waals surface area contributed by atoms with E-state index in [1.165, 1.54) is 0 Å². The number of nitro groups is 1. The van der Waals surface area contributed by atoms with Crippen LogP contribution in [0.4, 0.5) is 11.5 Å². The lowest BCUT2D eigenvalue weighted by Crippen LogP contribution is -2.42. The summed E-state index contributed by atoms with van der Waals surface area (Å²) in [6, 6.07) is 0. The van der Waals surface area contributed by atoms with Crippen molar-refractivity contribution in [2.45, 2.75) is 40.0 Å². The van der Waals surface area contributed by atoms with Crippen LogP contribution in [0.3, 0.4) is 0 Å². The number of aromatic nitrogens is 2. The summed E-state index contributed by atoms with van der Waals surface area (Å²) >= 11 is 0. The first-order valence-corrected chi connectivity index (χ1v) is 9.81. The lowest BCUT2D eigenvalue weighted by Gasteiger charge is -2.32. The normalized spacial score (nSPS) is 15.4. The molecule has 0 saturated carbocycles. The van der Waals surface area contributed by atoms with Gasteiger partial charge in [-0.2, -0.15) is 5.10 Å². The van der Waals surface area contributed by atoms with Gasteiger partial charge in [0.05, 0.1) is 4.92 Å². The molecule has 0 aliphatic carbocycles. The van der Waals surface area contributed by atoms with Crippen LogP contribution in [0.5, 0.6) is 0 Å². The summed E-state index contributed by atoms with van der Waals surface area (Å²) in [6.45, 7) is 10.9. The van der Waals surface area contributed by atoms with E-state index in [2.05, 4.69) is 29.2 Å². The van der Waals surface area contributed by atoms with Crippen molar-refractivity contribution in [1.29, 1.82) is 0 Å². The predicted molar refractivity (Wildman–Crippen MR) is 105 cm³/mol. The van der Waals surface area contributed by atoms with E-state index in [4.69, 9.17) is 0 Å². The molecule has 0 aromatic carbocycles. The highest BCUT2D eigenvalue weighted by atomic mass is 16.6. The van der Waals surface area contributed by atoms with Crippen molar-refractivity contribution >= 4 is 17.4 Å². The average Bonchev–Trinajstić information content (AvgIpc) is 2.96. The van der Waals surface area contributed by atoms with E-state index in [1.54, 1.807) is 18.7 Å². The first-order valence-electron chi connectivity index (χ1n) is 9.81. The second-order valence-corrected chi connectivity index (χ2v) is 7.07. The number of carbonyl (C=O) groups is 1. The van der Waals surface area contributed by atoms with Crippen LogP contribution in [0.1, 0.15) is 38.8 Å². The Bertz CT molecular complexity index is 648. The van der Waals surface area contributed by atoms with E-state index in [1.807, 2.05) is 4.90 Å². The van der Waals surface area contributed by atoms with Gasteiger partial charge in [0, 0.05) is 32.6 Å². The molecule has 2 rings (SSSR count). The summed E-state index contributed by atoms with van der Waals surface area (Å²) in [5.41, 5.74) is 0.488. The van der Waals surface area contributed by atoms with Crippen LogP contribution < -0.4 is 10.2 Å². The monoisotopic (exact) mass is 380 g/mol. The molecule has 9 heteroatoms. The summed E-state index contributed by atoms with van der Waals surface area (Å²) in [5, 5.41) is 18.6. The molecule has 1 fully saturated rings. The summed E-state index contributed by atoms with van der Waals surface area (Å²) in [7, 11) is 1.73.